The highest BCUT2D eigenvalue weighted by molar-refractivity contribution is 7.90. The van der Waals surface area contributed by atoms with Gasteiger partial charge < -0.3 is 8.92 Å². The molecule has 2 aromatic carbocycles. The number of benzene rings is 2. The monoisotopic (exact) mass is 332 g/mol. The van der Waals surface area contributed by atoms with E-state index in [4.69, 9.17) is 8.92 Å². The fourth-order valence-corrected chi connectivity index (χ4v) is 2.53. The van der Waals surface area contributed by atoms with E-state index in [1.54, 1.807) is 31.2 Å². The van der Waals surface area contributed by atoms with Crippen LogP contribution in [0.2, 0.25) is 0 Å². The Hall–Kier alpha value is -2.60. The van der Waals surface area contributed by atoms with Crippen LogP contribution >= 0.6 is 0 Å². The Morgan fingerprint density at radius 1 is 1.09 bits per heavy atom. The fraction of sp³-hybridized carbons (Fsp3) is 0.118. The van der Waals surface area contributed by atoms with E-state index in [-0.39, 0.29) is 17.9 Å². The van der Waals surface area contributed by atoms with Crippen LogP contribution in [-0.2, 0) is 14.9 Å². The van der Waals surface area contributed by atoms with Crippen LogP contribution in [0, 0.1) is 0 Å². The molecular weight excluding hydrogens is 316 g/mol. The van der Waals surface area contributed by atoms with Gasteiger partial charge in [-0.15, -0.1) is 0 Å². The molecule has 2 aromatic rings. The van der Waals surface area contributed by atoms with E-state index >= 15 is 0 Å². The third-order valence-electron chi connectivity index (χ3n) is 2.78. The number of rotatable bonds is 6. The molecule has 5 nitrogen and oxygen atoms in total. The molecule has 120 valence electrons. The Morgan fingerprint density at radius 2 is 1.83 bits per heavy atom. The Morgan fingerprint density at radius 3 is 2.52 bits per heavy atom. The van der Waals surface area contributed by atoms with Crippen molar-refractivity contribution >= 4 is 22.2 Å². The van der Waals surface area contributed by atoms with E-state index in [2.05, 4.69) is 0 Å². The Balaban J connectivity index is 2.13. The largest absolute Gasteiger partial charge is 0.462 e. The zero-order chi connectivity index (χ0) is 16.7. The van der Waals surface area contributed by atoms with Crippen molar-refractivity contribution in [2.24, 2.45) is 0 Å². The summed E-state index contributed by atoms with van der Waals surface area (Å²) in [6.45, 7) is 1.93. The highest BCUT2D eigenvalue weighted by Gasteiger charge is 2.12. The van der Waals surface area contributed by atoms with Crippen LogP contribution < -0.4 is 4.18 Å². The molecule has 0 aliphatic carbocycles. The Kier molecular flexibility index (Phi) is 5.54. The van der Waals surface area contributed by atoms with Gasteiger partial charge in [0.15, 0.2) is 0 Å². The normalized spacial score (nSPS) is 11.3. The van der Waals surface area contributed by atoms with E-state index in [1.807, 2.05) is 6.07 Å². The van der Waals surface area contributed by atoms with E-state index < -0.39 is 16.1 Å². The molecule has 0 radical (unpaired) electrons. The predicted molar refractivity (Wildman–Crippen MR) is 87.4 cm³/mol. The van der Waals surface area contributed by atoms with E-state index in [9.17, 15) is 13.2 Å². The topological polar surface area (TPSA) is 69.7 Å². The van der Waals surface area contributed by atoms with Crippen LogP contribution in [0.3, 0.4) is 0 Å². The molecule has 0 aliphatic rings. The maximum Gasteiger partial charge on any atom is 0.338 e. The highest BCUT2D eigenvalue weighted by Crippen LogP contribution is 2.17. The number of hydrogen-bond donors (Lipinski definition) is 0. The van der Waals surface area contributed by atoms with Gasteiger partial charge in [-0.2, -0.15) is 8.42 Å². The van der Waals surface area contributed by atoms with Crippen LogP contribution in [0.25, 0.3) is 6.08 Å². The molecule has 0 saturated carbocycles. The lowest BCUT2D eigenvalue weighted by Gasteiger charge is -2.06. The van der Waals surface area contributed by atoms with Gasteiger partial charge in [-0.1, -0.05) is 36.4 Å². The predicted octanol–water partition coefficient (Wildman–Crippen LogP) is 3.24. The summed E-state index contributed by atoms with van der Waals surface area (Å²) in [7, 11) is -3.92. The quantitative estimate of drug-likeness (QED) is 0.600. The lowest BCUT2D eigenvalue weighted by molar-refractivity contribution is 0.0526. The van der Waals surface area contributed by atoms with Gasteiger partial charge in [-0.3, -0.25) is 0 Å². The summed E-state index contributed by atoms with van der Waals surface area (Å²) in [6.07, 6.45) is 1.44. The number of hydrogen-bond acceptors (Lipinski definition) is 5. The first kappa shape index (κ1) is 16.8. The molecule has 0 aromatic heterocycles. The summed E-state index contributed by atoms with van der Waals surface area (Å²) < 4.78 is 33.7. The molecule has 0 saturated heterocycles. The third-order valence-corrected chi connectivity index (χ3v) is 3.68. The molecule has 0 aliphatic heterocycles. The number of carbonyl (C=O) groups is 1. The van der Waals surface area contributed by atoms with Crippen LogP contribution in [0.5, 0.6) is 5.75 Å². The molecule has 0 unspecified atom stereocenters. The average molecular weight is 332 g/mol. The van der Waals surface area contributed by atoms with Gasteiger partial charge in [-0.25, -0.2) is 4.79 Å². The number of ether oxygens (including phenoxy) is 1. The number of esters is 1. The second-order valence-corrected chi connectivity index (χ2v) is 5.96. The molecule has 0 fully saturated rings. The van der Waals surface area contributed by atoms with Crippen molar-refractivity contribution in [1.82, 2.24) is 0 Å². The van der Waals surface area contributed by atoms with Crippen molar-refractivity contribution in [2.45, 2.75) is 6.92 Å². The van der Waals surface area contributed by atoms with E-state index in [0.29, 0.717) is 0 Å². The minimum absolute atomic E-state index is 0.0493. The summed E-state index contributed by atoms with van der Waals surface area (Å²) in [5.74, 6) is -0.483. The Bertz CT molecular complexity index is 795. The molecular formula is C17H16O5S. The van der Waals surface area contributed by atoms with Crippen molar-refractivity contribution in [3.05, 3.63) is 71.1 Å². The van der Waals surface area contributed by atoms with Crippen molar-refractivity contribution in [1.29, 1.82) is 0 Å². The van der Waals surface area contributed by atoms with Crippen molar-refractivity contribution in [3.8, 4) is 5.75 Å². The molecule has 0 spiro atoms. The average Bonchev–Trinajstić information content (AvgIpc) is 2.54. The van der Waals surface area contributed by atoms with Gasteiger partial charge in [0.25, 0.3) is 0 Å². The molecule has 0 bridgehead atoms. The molecule has 0 amide bonds. The first-order chi connectivity index (χ1) is 11.0. The van der Waals surface area contributed by atoms with E-state index in [1.165, 1.54) is 30.3 Å². The van der Waals surface area contributed by atoms with Gasteiger partial charge in [0.05, 0.1) is 17.6 Å². The Labute approximate surface area is 135 Å². The van der Waals surface area contributed by atoms with Gasteiger partial charge in [0, 0.05) is 0 Å². The molecule has 0 heterocycles. The SMILES string of the molecule is CCOC(=O)c1cccc(OS(=O)(=O)/C=C/c2ccccc2)c1. The van der Waals surface area contributed by atoms with Gasteiger partial charge in [0.2, 0.25) is 0 Å². The maximum atomic E-state index is 12.0. The van der Waals surface area contributed by atoms with Crippen molar-refractivity contribution < 1.29 is 22.1 Å². The molecule has 0 N–H and O–H groups in total. The van der Waals surface area contributed by atoms with Crippen molar-refractivity contribution in [3.63, 3.8) is 0 Å². The van der Waals surface area contributed by atoms with Gasteiger partial charge in [-0.05, 0) is 36.8 Å². The van der Waals surface area contributed by atoms with Crippen LogP contribution in [0.4, 0.5) is 0 Å². The molecule has 6 heteroatoms. The van der Waals surface area contributed by atoms with Crippen LogP contribution in [0.15, 0.2) is 60.0 Å². The van der Waals surface area contributed by atoms with Crippen molar-refractivity contribution in [2.75, 3.05) is 6.61 Å². The standard InChI is InChI=1S/C17H16O5S/c1-2-21-17(18)15-9-6-10-16(13-15)22-23(19,20)12-11-14-7-4-3-5-8-14/h3-13H,2H2,1H3/b12-11+. The first-order valence-corrected chi connectivity index (χ1v) is 8.42. The van der Waals surface area contributed by atoms with Gasteiger partial charge in [0.1, 0.15) is 5.75 Å². The summed E-state index contributed by atoms with van der Waals surface area (Å²) in [6, 6.07) is 14.8. The van der Waals surface area contributed by atoms with Gasteiger partial charge >= 0.3 is 16.1 Å². The molecule has 0 atom stereocenters. The van der Waals surface area contributed by atoms with E-state index in [0.717, 1.165) is 11.0 Å². The first-order valence-electron chi connectivity index (χ1n) is 6.95. The van der Waals surface area contributed by atoms with Crippen LogP contribution in [-0.4, -0.2) is 21.0 Å². The summed E-state index contributed by atoms with van der Waals surface area (Å²) >= 11 is 0. The lowest BCUT2D eigenvalue weighted by Crippen LogP contribution is -2.07. The number of carbonyl (C=O) groups excluding carboxylic acids is 1. The zero-order valence-corrected chi connectivity index (χ0v) is 13.3. The second-order valence-electron chi connectivity index (χ2n) is 4.54. The van der Waals surface area contributed by atoms with Crippen LogP contribution in [0.1, 0.15) is 22.8 Å². The second kappa shape index (κ2) is 7.60. The zero-order valence-electron chi connectivity index (χ0n) is 12.5. The minimum atomic E-state index is -3.92. The molecule has 23 heavy (non-hydrogen) atoms. The summed E-state index contributed by atoms with van der Waals surface area (Å²) in [5, 5.41) is 0.972. The minimum Gasteiger partial charge on any atom is -0.462 e. The summed E-state index contributed by atoms with van der Waals surface area (Å²) in [4.78, 5) is 11.6. The highest BCUT2D eigenvalue weighted by atomic mass is 32.2. The third kappa shape index (κ3) is 5.27. The fourth-order valence-electron chi connectivity index (χ4n) is 1.78. The maximum absolute atomic E-state index is 12.0. The molecule has 2 rings (SSSR count). The smallest absolute Gasteiger partial charge is 0.338 e. The lowest BCUT2D eigenvalue weighted by atomic mass is 10.2. The summed E-state index contributed by atoms with van der Waals surface area (Å²) in [5.41, 5.74) is 0.964.